The van der Waals surface area contributed by atoms with Crippen molar-refractivity contribution in [1.29, 1.82) is 0 Å². The van der Waals surface area contributed by atoms with Crippen LogP contribution in [0.4, 0.5) is 10.5 Å². The van der Waals surface area contributed by atoms with Gasteiger partial charge in [0.2, 0.25) is 0 Å². The van der Waals surface area contributed by atoms with Gasteiger partial charge in [0, 0.05) is 42.4 Å². The number of amides is 3. The lowest BCUT2D eigenvalue weighted by Crippen LogP contribution is -2.60. The summed E-state index contributed by atoms with van der Waals surface area (Å²) in [6.07, 6.45) is 12.8. The molecule has 5 aliphatic rings. The van der Waals surface area contributed by atoms with Crippen LogP contribution in [0, 0.1) is 17.8 Å². The number of nitrogens with one attached hydrogen (secondary N) is 1. The molecule has 3 aliphatic heterocycles. The zero-order chi connectivity index (χ0) is 37.4. The number of hydrogen-bond donors (Lipinski definition) is 1. The minimum Gasteiger partial charge on any atom is -0.490 e. The number of nitrogens with zero attached hydrogens (tertiary/aromatic N) is 4. The predicted molar refractivity (Wildman–Crippen MR) is 208 cm³/mol. The largest absolute Gasteiger partial charge is 0.490 e. The van der Waals surface area contributed by atoms with E-state index in [9.17, 15) is 13.8 Å². The minimum absolute atomic E-state index is 0.0907. The third kappa shape index (κ3) is 7.44. The molecule has 1 N–H and O–H groups in total. The maximum Gasteiger partial charge on any atom is 0.316 e. The number of allylic oxidation sites excluding steroid dienone is 1. The van der Waals surface area contributed by atoms with Crippen LogP contribution < -0.4 is 19.7 Å². The first kappa shape index (κ1) is 36.8. The van der Waals surface area contributed by atoms with E-state index in [1.54, 1.807) is 36.5 Å². The fourth-order valence-electron chi connectivity index (χ4n) is 8.81. The van der Waals surface area contributed by atoms with Crippen molar-refractivity contribution in [2.45, 2.75) is 68.4 Å². The number of halogens is 1. The molecule has 1 aromatic heterocycles. The molecule has 1 unspecified atom stereocenters. The van der Waals surface area contributed by atoms with Crippen molar-refractivity contribution < 1.29 is 28.0 Å². The number of anilines is 1. The maximum absolute atomic E-state index is 14.0. The summed E-state index contributed by atoms with van der Waals surface area (Å²) >= 11 is 6.46. The van der Waals surface area contributed by atoms with E-state index in [1.165, 1.54) is 11.1 Å². The highest BCUT2D eigenvalue weighted by Gasteiger charge is 2.44. The molecular weight excluding hydrogens is 726 g/mol. The van der Waals surface area contributed by atoms with E-state index >= 15 is 0 Å². The number of rotatable bonds is 4. The molecule has 1 spiro atoms. The minimum atomic E-state index is -2.07. The Morgan fingerprint density at radius 3 is 2.78 bits per heavy atom. The standard InChI is InChI=1S/C41H47ClN5O6S/c1-26-6-3-9-36(51-2)33-13-10-29(33)21-47-24-41(16-4-7-27-18-30(42)12-14-34(27)41)25-52-37-15-11-28(19-35(37)47)38(48)45-54(50)39(26)44-40(49)46-22-32(23-46)53-31-8-5-17-43-20-31/h3,5,8-9,11-12,14-15,17-20,26,29,32-33,36,39H,4,6-7,10,13,16,21-25H2,1-2H3,(H,44,49)/q-1/b9-3+/t26-,29-,33+,36-,39?,41-/m0/s1. The number of benzene rings is 2. The molecule has 1 saturated heterocycles. The van der Waals surface area contributed by atoms with Crippen molar-refractivity contribution in [3.05, 3.63) is 94.8 Å². The topological polar surface area (TPSA) is 123 Å². The van der Waals surface area contributed by atoms with Crippen LogP contribution in [0.15, 0.2) is 77.4 Å². The number of methoxy groups -OCH3 is 1. The van der Waals surface area contributed by atoms with Crippen LogP contribution in [-0.2, 0) is 31.4 Å². The van der Waals surface area contributed by atoms with Gasteiger partial charge in [-0.05, 0) is 115 Å². The van der Waals surface area contributed by atoms with E-state index in [0.29, 0.717) is 55.0 Å². The van der Waals surface area contributed by atoms with Crippen molar-refractivity contribution in [2.24, 2.45) is 22.1 Å². The van der Waals surface area contributed by atoms with E-state index in [2.05, 4.69) is 43.8 Å². The third-order valence-electron chi connectivity index (χ3n) is 12.0. The van der Waals surface area contributed by atoms with Crippen molar-refractivity contribution in [3.8, 4) is 11.5 Å². The predicted octanol–water partition coefficient (Wildman–Crippen LogP) is 6.93. The highest BCUT2D eigenvalue weighted by Crippen LogP contribution is 2.47. The first-order chi connectivity index (χ1) is 26.2. The first-order valence-corrected chi connectivity index (χ1v) is 20.5. The number of aryl methyl sites for hydroxylation is 1. The van der Waals surface area contributed by atoms with Crippen LogP contribution in [0.5, 0.6) is 11.5 Å². The molecule has 54 heavy (non-hydrogen) atoms. The van der Waals surface area contributed by atoms with Crippen molar-refractivity contribution in [2.75, 3.05) is 44.8 Å². The maximum atomic E-state index is 14.0. The van der Waals surface area contributed by atoms with Crippen LogP contribution in [0.2, 0.25) is 5.02 Å². The molecule has 2 aliphatic carbocycles. The van der Waals surface area contributed by atoms with Gasteiger partial charge in [-0.2, -0.15) is 10.6 Å². The lowest BCUT2D eigenvalue weighted by molar-refractivity contribution is 0.0131. The number of pyridine rings is 1. The van der Waals surface area contributed by atoms with Gasteiger partial charge in [0.15, 0.2) is 0 Å². The van der Waals surface area contributed by atoms with Gasteiger partial charge in [-0.15, -0.1) is 0 Å². The molecule has 3 aromatic rings. The lowest BCUT2D eigenvalue weighted by Gasteiger charge is -2.46. The third-order valence-corrected chi connectivity index (χ3v) is 13.6. The van der Waals surface area contributed by atoms with Gasteiger partial charge < -0.3 is 37.9 Å². The Bertz CT molecular complexity index is 2000. The van der Waals surface area contributed by atoms with Crippen molar-refractivity contribution in [3.63, 3.8) is 0 Å². The molecule has 286 valence electrons. The van der Waals surface area contributed by atoms with Crippen LogP contribution in [-0.4, -0.2) is 79.3 Å². The summed E-state index contributed by atoms with van der Waals surface area (Å²) in [5.41, 5.74) is 3.45. The summed E-state index contributed by atoms with van der Waals surface area (Å²) < 4.78 is 36.8. The molecular formula is C41H47ClN5O6S-. The highest BCUT2D eigenvalue weighted by molar-refractivity contribution is 7.75. The van der Waals surface area contributed by atoms with Gasteiger partial charge in [0.25, 0.3) is 5.91 Å². The highest BCUT2D eigenvalue weighted by atomic mass is 35.5. The summed E-state index contributed by atoms with van der Waals surface area (Å²) in [6, 6.07) is 14.9. The average Bonchev–Trinajstić information content (AvgIpc) is 3.29. The Morgan fingerprint density at radius 2 is 2.00 bits per heavy atom. The second kappa shape index (κ2) is 15.5. The first-order valence-electron chi connectivity index (χ1n) is 19.0. The van der Waals surface area contributed by atoms with E-state index in [4.69, 9.17) is 25.8 Å². The summed E-state index contributed by atoms with van der Waals surface area (Å²) in [5, 5.41) is 2.78. The van der Waals surface area contributed by atoms with Crippen LogP contribution >= 0.6 is 11.6 Å². The Labute approximate surface area is 323 Å². The van der Waals surface area contributed by atoms with E-state index in [-0.39, 0.29) is 29.6 Å². The van der Waals surface area contributed by atoms with Crippen molar-refractivity contribution in [1.82, 2.24) is 15.2 Å². The van der Waals surface area contributed by atoms with Crippen LogP contribution in [0.3, 0.4) is 0 Å². The fourth-order valence-corrected chi connectivity index (χ4v) is 10.1. The number of carbonyl (C=O) groups excluding carboxylic acids is 2. The van der Waals surface area contributed by atoms with Gasteiger partial charge in [-0.1, -0.05) is 36.7 Å². The second-order valence-electron chi connectivity index (χ2n) is 15.5. The number of carbonyl (C=O) groups is 2. The second-order valence-corrected chi connectivity index (χ2v) is 17.2. The molecule has 8 rings (SSSR count). The molecule has 6 atom stereocenters. The Kier molecular flexibility index (Phi) is 10.6. The molecule has 4 heterocycles. The smallest absolute Gasteiger partial charge is 0.316 e. The Balaban J connectivity index is 1.09. The average molecular weight is 773 g/mol. The van der Waals surface area contributed by atoms with E-state index in [1.807, 2.05) is 31.2 Å². The van der Waals surface area contributed by atoms with Gasteiger partial charge in [-0.3, -0.25) is 9.78 Å². The number of ether oxygens (including phenoxy) is 3. The van der Waals surface area contributed by atoms with Gasteiger partial charge in [0.1, 0.15) is 17.6 Å². The molecule has 2 bridgehead atoms. The fraction of sp³-hybridized carbons (Fsp3) is 0.488. The molecule has 3 amide bonds. The molecule has 2 aromatic carbocycles. The van der Waals surface area contributed by atoms with E-state index < -0.39 is 21.9 Å². The Hall–Kier alpha value is -4.13. The molecule has 1 saturated carbocycles. The number of urea groups is 1. The Morgan fingerprint density at radius 1 is 1.13 bits per heavy atom. The number of fused-ring (bicyclic) bond motifs is 4. The number of aromatic nitrogens is 1. The van der Waals surface area contributed by atoms with Gasteiger partial charge in [0.05, 0.1) is 37.7 Å². The summed E-state index contributed by atoms with van der Waals surface area (Å²) in [4.78, 5) is 35.4. The van der Waals surface area contributed by atoms with Crippen LogP contribution in [0.1, 0.15) is 60.5 Å². The van der Waals surface area contributed by atoms with Crippen LogP contribution in [0.25, 0.3) is 0 Å². The number of likely N-dealkylation sites (tertiary alicyclic amines) is 1. The molecule has 11 nitrogen and oxygen atoms in total. The molecule has 2 fully saturated rings. The zero-order valence-electron chi connectivity index (χ0n) is 30.7. The summed E-state index contributed by atoms with van der Waals surface area (Å²) in [5.74, 6) is 1.13. The van der Waals surface area contributed by atoms with Crippen molar-refractivity contribution >= 4 is 39.8 Å². The normalized spacial score (nSPS) is 29.3. The van der Waals surface area contributed by atoms with Gasteiger partial charge in [-0.25, -0.2) is 4.79 Å². The lowest BCUT2D eigenvalue weighted by atomic mass is 9.68. The summed E-state index contributed by atoms with van der Waals surface area (Å²) in [6.45, 7) is 4.68. The monoisotopic (exact) mass is 772 g/mol. The van der Waals surface area contributed by atoms with Gasteiger partial charge >= 0.3 is 6.03 Å². The molecule has 13 heteroatoms. The quantitative estimate of drug-likeness (QED) is 0.224. The SMILES string of the molecule is CO[C@H]1/C=C/C[C@H](C)C(NC(=O)N2CC(Oc3cccnc3)C2)[S-](=O)=NC(=O)c2ccc3c(c2)N(C[C@@H]2CC[C@H]21)C[C@@]1(CCCc2cc(Cl)ccc21)CO3. The van der Waals surface area contributed by atoms with E-state index in [0.717, 1.165) is 55.9 Å². The summed E-state index contributed by atoms with van der Waals surface area (Å²) in [7, 11) is -0.315. The number of hydrogen-bond acceptors (Lipinski definition) is 9. The zero-order valence-corrected chi connectivity index (χ0v) is 32.3. The molecule has 0 radical (unpaired) electrons.